The predicted octanol–water partition coefficient (Wildman–Crippen LogP) is 4.54. The molecule has 0 aliphatic heterocycles. The van der Waals surface area contributed by atoms with Crippen LogP contribution in [0.4, 0.5) is 11.4 Å². The maximum Gasteiger partial charge on any atom is 0.0775 e. The molecule has 118 valence electrons. The highest BCUT2D eigenvalue weighted by Crippen LogP contribution is 2.22. The maximum absolute atomic E-state index is 2.39. The summed E-state index contributed by atoms with van der Waals surface area (Å²) in [5.41, 5.74) is 2.51. The van der Waals surface area contributed by atoms with Gasteiger partial charge in [-0.05, 0) is 24.3 Å². The molecule has 0 aliphatic rings. The minimum Gasteiger partial charge on any atom is -0.345 e. The topological polar surface area (TPSA) is 3.24 Å². The molecule has 0 aliphatic carbocycles. The zero-order valence-corrected chi connectivity index (χ0v) is 17.1. The summed E-state index contributed by atoms with van der Waals surface area (Å²) in [7, 11) is -0.280. The summed E-state index contributed by atoms with van der Waals surface area (Å²) in [4.78, 5) is 2.27. The van der Waals surface area contributed by atoms with Crippen LogP contribution in [-0.2, 0) is 0 Å². The first kappa shape index (κ1) is 17.0. The third kappa shape index (κ3) is 3.90. The maximum atomic E-state index is 2.39. The van der Waals surface area contributed by atoms with E-state index in [1.165, 1.54) is 21.7 Å². The molecule has 1 nitrogen and oxygen atoms in total. The van der Waals surface area contributed by atoms with Crippen molar-refractivity contribution in [1.82, 2.24) is 0 Å². The summed E-state index contributed by atoms with van der Waals surface area (Å²) in [6, 6.07) is 18.2. The van der Waals surface area contributed by atoms with E-state index in [1.807, 2.05) is 0 Å². The van der Waals surface area contributed by atoms with Gasteiger partial charge in [0.1, 0.15) is 0 Å². The van der Waals surface area contributed by atoms with Crippen LogP contribution in [0.15, 0.2) is 48.5 Å². The van der Waals surface area contributed by atoms with E-state index in [4.69, 9.17) is 0 Å². The smallest absolute Gasteiger partial charge is 0.0775 e. The van der Waals surface area contributed by atoms with E-state index in [9.17, 15) is 0 Å². The van der Waals surface area contributed by atoms with E-state index >= 15 is 0 Å². The van der Waals surface area contributed by atoms with Gasteiger partial charge in [-0.25, -0.2) is 0 Å². The first-order chi connectivity index (χ1) is 10.1. The Morgan fingerprint density at radius 3 is 1.05 bits per heavy atom. The second kappa shape index (κ2) is 6.05. The zero-order chi connectivity index (χ0) is 16.5. The summed E-state index contributed by atoms with van der Waals surface area (Å²) >= 11 is 0. The molecule has 2 aromatic rings. The Bertz CT molecular complexity index is 559. The second-order valence-electron chi connectivity index (χ2n) is 8.15. The number of anilines is 2. The molecule has 0 saturated carbocycles. The summed E-state index contributed by atoms with van der Waals surface area (Å²) in [5, 5.41) is 3.03. The Morgan fingerprint density at radius 2 is 0.818 bits per heavy atom. The van der Waals surface area contributed by atoms with Crippen LogP contribution in [0, 0.1) is 0 Å². The van der Waals surface area contributed by atoms with Gasteiger partial charge in [-0.1, -0.05) is 73.9 Å². The molecule has 2 aromatic carbocycles. The Kier molecular flexibility index (Phi) is 4.68. The fourth-order valence-corrected chi connectivity index (χ4v) is 4.85. The molecular formula is C19H29NSi2. The van der Waals surface area contributed by atoms with Crippen molar-refractivity contribution in [2.45, 2.75) is 39.3 Å². The van der Waals surface area contributed by atoms with Gasteiger partial charge in [-0.2, -0.15) is 0 Å². The normalized spacial score (nSPS) is 12.3. The number of nitrogens with zero attached hydrogens (tertiary/aromatic N) is 1. The lowest BCUT2D eigenvalue weighted by Crippen LogP contribution is -2.37. The van der Waals surface area contributed by atoms with Crippen molar-refractivity contribution >= 4 is 37.9 Å². The quantitative estimate of drug-likeness (QED) is 0.745. The molecule has 22 heavy (non-hydrogen) atoms. The van der Waals surface area contributed by atoms with Gasteiger partial charge in [-0.3, -0.25) is 0 Å². The summed E-state index contributed by atoms with van der Waals surface area (Å²) < 4.78 is 0. The van der Waals surface area contributed by atoms with E-state index in [0.717, 1.165) is 0 Å². The molecule has 0 bridgehead atoms. The van der Waals surface area contributed by atoms with E-state index < -0.39 is 16.1 Å². The number of rotatable bonds is 4. The van der Waals surface area contributed by atoms with Crippen LogP contribution < -0.4 is 15.3 Å². The van der Waals surface area contributed by atoms with Crippen molar-refractivity contribution in [2.24, 2.45) is 0 Å². The van der Waals surface area contributed by atoms with Crippen molar-refractivity contribution < 1.29 is 0 Å². The minimum absolute atomic E-state index is 1.21. The molecule has 0 radical (unpaired) electrons. The predicted molar refractivity (Wildman–Crippen MR) is 107 cm³/mol. The Balaban J connectivity index is 2.23. The fourth-order valence-electron chi connectivity index (χ4n) is 2.52. The van der Waals surface area contributed by atoms with Crippen molar-refractivity contribution in [3.63, 3.8) is 0 Å². The molecule has 0 aromatic heterocycles. The van der Waals surface area contributed by atoms with E-state index in [2.05, 4.69) is 99.8 Å². The van der Waals surface area contributed by atoms with Crippen molar-refractivity contribution in [2.75, 3.05) is 11.9 Å². The van der Waals surface area contributed by atoms with Crippen LogP contribution in [0.5, 0.6) is 0 Å². The fraction of sp³-hybridized carbons (Fsp3) is 0.368. The largest absolute Gasteiger partial charge is 0.345 e. The van der Waals surface area contributed by atoms with E-state index in [-0.39, 0.29) is 0 Å². The standard InChI is InChI=1S/C19H29NSi2/c1-20(16-8-12-18(13-9-16)21(2,3)4)17-10-14-19(15-11-17)22(5,6)7/h8-15H,1-7H3. The van der Waals surface area contributed by atoms with E-state index in [1.54, 1.807) is 0 Å². The molecule has 0 amide bonds. The number of hydrogen-bond donors (Lipinski definition) is 0. The minimum atomic E-state index is -1.21. The Morgan fingerprint density at radius 1 is 0.545 bits per heavy atom. The molecule has 0 atom stereocenters. The van der Waals surface area contributed by atoms with Crippen LogP contribution in [0.1, 0.15) is 0 Å². The molecule has 0 heterocycles. The molecule has 3 heteroatoms. The van der Waals surface area contributed by atoms with Crippen LogP contribution in [0.2, 0.25) is 39.3 Å². The Labute approximate surface area is 138 Å². The van der Waals surface area contributed by atoms with Crippen LogP contribution in [0.3, 0.4) is 0 Å². The zero-order valence-electron chi connectivity index (χ0n) is 15.1. The van der Waals surface area contributed by atoms with Gasteiger partial charge in [0.25, 0.3) is 0 Å². The highest BCUT2D eigenvalue weighted by Gasteiger charge is 2.17. The van der Waals surface area contributed by atoms with Gasteiger partial charge in [0.2, 0.25) is 0 Å². The van der Waals surface area contributed by atoms with Crippen LogP contribution >= 0.6 is 0 Å². The Hall–Kier alpha value is -1.33. The molecular weight excluding hydrogens is 298 g/mol. The van der Waals surface area contributed by atoms with Crippen LogP contribution in [-0.4, -0.2) is 23.2 Å². The van der Waals surface area contributed by atoms with Gasteiger partial charge in [-0.15, -0.1) is 0 Å². The van der Waals surface area contributed by atoms with Crippen molar-refractivity contribution in [3.8, 4) is 0 Å². The van der Waals surface area contributed by atoms with Crippen molar-refractivity contribution in [1.29, 1.82) is 0 Å². The summed E-state index contributed by atoms with van der Waals surface area (Å²) in [6.07, 6.45) is 0. The lowest BCUT2D eigenvalue weighted by atomic mass is 10.2. The third-order valence-electron chi connectivity index (χ3n) is 4.24. The summed E-state index contributed by atoms with van der Waals surface area (Å²) in [5.74, 6) is 0. The molecule has 0 saturated heterocycles. The van der Waals surface area contributed by atoms with Crippen molar-refractivity contribution in [3.05, 3.63) is 48.5 Å². The molecule has 0 N–H and O–H groups in total. The number of hydrogen-bond acceptors (Lipinski definition) is 1. The highest BCUT2D eigenvalue weighted by molar-refractivity contribution is 6.89. The third-order valence-corrected chi connectivity index (χ3v) is 8.37. The van der Waals surface area contributed by atoms with Gasteiger partial charge in [0.05, 0.1) is 16.1 Å². The van der Waals surface area contributed by atoms with E-state index in [0.29, 0.717) is 0 Å². The lowest BCUT2D eigenvalue weighted by Gasteiger charge is -2.23. The average molecular weight is 328 g/mol. The van der Waals surface area contributed by atoms with Crippen LogP contribution in [0.25, 0.3) is 0 Å². The number of benzene rings is 2. The van der Waals surface area contributed by atoms with Gasteiger partial charge in [0.15, 0.2) is 0 Å². The summed E-state index contributed by atoms with van der Waals surface area (Å²) in [6.45, 7) is 14.3. The first-order valence-electron chi connectivity index (χ1n) is 8.04. The monoisotopic (exact) mass is 327 g/mol. The SMILES string of the molecule is CN(c1ccc([Si](C)(C)C)cc1)c1ccc([Si](C)(C)C)cc1. The molecule has 0 spiro atoms. The molecule has 0 unspecified atom stereocenters. The van der Waals surface area contributed by atoms with Gasteiger partial charge < -0.3 is 4.90 Å². The average Bonchev–Trinajstić information content (AvgIpc) is 2.45. The molecule has 0 fully saturated rings. The lowest BCUT2D eigenvalue weighted by molar-refractivity contribution is 1.21. The highest BCUT2D eigenvalue weighted by atomic mass is 28.3. The second-order valence-corrected chi connectivity index (χ2v) is 18.3. The van der Waals surface area contributed by atoms with Gasteiger partial charge >= 0.3 is 0 Å². The first-order valence-corrected chi connectivity index (χ1v) is 15.0. The van der Waals surface area contributed by atoms with Gasteiger partial charge in [0, 0.05) is 18.4 Å². The molecule has 2 rings (SSSR count).